The van der Waals surface area contributed by atoms with Crippen LogP contribution in [0.3, 0.4) is 0 Å². The van der Waals surface area contributed by atoms with E-state index >= 15 is 0 Å². The first-order chi connectivity index (χ1) is 5.18. The minimum atomic E-state index is -0.884. The van der Waals surface area contributed by atoms with Gasteiger partial charge in [0.2, 0.25) is 0 Å². The van der Waals surface area contributed by atoms with Gasteiger partial charge in [-0.2, -0.15) is 0 Å². The zero-order valence-electron chi connectivity index (χ0n) is 6.96. The number of hydrogen-bond donors (Lipinski definition) is 1. The SMILES string of the molecule is CCCOCC=C(C)C(=O)O. The highest BCUT2D eigenvalue weighted by Crippen LogP contribution is 1.91. The van der Waals surface area contributed by atoms with Gasteiger partial charge in [-0.05, 0) is 19.4 Å². The van der Waals surface area contributed by atoms with Gasteiger partial charge in [0, 0.05) is 12.2 Å². The second-order valence-electron chi connectivity index (χ2n) is 2.27. The molecule has 0 aromatic carbocycles. The molecule has 0 aromatic heterocycles. The zero-order chi connectivity index (χ0) is 8.69. The van der Waals surface area contributed by atoms with Crippen LogP contribution in [0.15, 0.2) is 11.6 Å². The van der Waals surface area contributed by atoms with E-state index in [1.54, 1.807) is 13.0 Å². The highest BCUT2D eigenvalue weighted by Gasteiger charge is 1.96. The van der Waals surface area contributed by atoms with Gasteiger partial charge in [0.05, 0.1) is 6.61 Å². The van der Waals surface area contributed by atoms with E-state index in [-0.39, 0.29) is 0 Å². The molecule has 0 saturated carbocycles. The average molecular weight is 158 g/mol. The van der Waals surface area contributed by atoms with Gasteiger partial charge >= 0.3 is 5.97 Å². The first-order valence-corrected chi connectivity index (χ1v) is 3.66. The van der Waals surface area contributed by atoms with Gasteiger partial charge in [-0.15, -0.1) is 0 Å². The zero-order valence-corrected chi connectivity index (χ0v) is 6.96. The Hall–Kier alpha value is -0.830. The van der Waals surface area contributed by atoms with E-state index in [9.17, 15) is 4.79 Å². The van der Waals surface area contributed by atoms with Gasteiger partial charge in [0.25, 0.3) is 0 Å². The van der Waals surface area contributed by atoms with Gasteiger partial charge in [-0.1, -0.05) is 6.92 Å². The maximum Gasteiger partial charge on any atom is 0.331 e. The molecule has 0 aliphatic heterocycles. The number of rotatable bonds is 5. The van der Waals surface area contributed by atoms with E-state index in [1.165, 1.54) is 0 Å². The van der Waals surface area contributed by atoms with Crippen molar-refractivity contribution in [2.24, 2.45) is 0 Å². The van der Waals surface area contributed by atoms with E-state index < -0.39 is 5.97 Å². The lowest BCUT2D eigenvalue weighted by molar-refractivity contribution is -0.132. The minimum absolute atomic E-state index is 0.334. The number of ether oxygens (including phenoxy) is 1. The molecule has 0 bridgehead atoms. The second-order valence-corrected chi connectivity index (χ2v) is 2.27. The maximum absolute atomic E-state index is 10.2. The molecule has 3 heteroatoms. The van der Waals surface area contributed by atoms with Crippen LogP contribution in [0.4, 0.5) is 0 Å². The molecule has 0 aliphatic rings. The Morgan fingerprint density at radius 2 is 2.27 bits per heavy atom. The molecule has 0 aromatic rings. The van der Waals surface area contributed by atoms with Crippen molar-refractivity contribution in [2.75, 3.05) is 13.2 Å². The maximum atomic E-state index is 10.2. The summed E-state index contributed by atoms with van der Waals surface area (Å²) in [5.41, 5.74) is 0.334. The van der Waals surface area contributed by atoms with E-state index in [4.69, 9.17) is 9.84 Å². The molecule has 64 valence electrons. The lowest BCUT2D eigenvalue weighted by Crippen LogP contribution is -1.99. The fourth-order valence-corrected chi connectivity index (χ4v) is 0.499. The van der Waals surface area contributed by atoms with Crippen LogP contribution in [0.1, 0.15) is 20.3 Å². The Labute approximate surface area is 66.7 Å². The van der Waals surface area contributed by atoms with Gasteiger partial charge < -0.3 is 9.84 Å². The molecule has 0 atom stereocenters. The quantitative estimate of drug-likeness (QED) is 0.486. The first kappa shape index (κ1) is 10.2. The Bertz CT molecular complexity index is 149. The molecule has 0 heterocycles. The van der Waals surface area contributed by atoms with Crippen molar-refractivity contribution in [2.45, 2.75) is 20.3 Å². The van der Waals surface area contributed by atoms with Crippen molar-refractivity contribution in [1.82, 2.24) is 0 Å². The number of aliphatic carboxylic acids is 1. The van der Waals surface area contributed by atoms with Crippen LogP contribution in [0, 0.1) is 0 Å². The summed E-state index contributed by atoms with van der Waals surface area (Å²) in [6, 6.07) is 0. The second kappa shape index (κ2) is 5.92. The third-order valence-electron chi connectivity index (χ3n) is 1.19. The van der Waals surface area contributed by atoms with Crippen LogP contribution in [-0.4, -0.2) is 24.3 Å². The van der Waals surface area contributed by atoms with Gasteiger partial charge in [-0.3, -0.25) is 0 Å². The predicted molar refractivity (Wildman–Crippen MR) is 42.5 cm³/mol. The smallest absolute Gasteiger partial charge is 0.331 e. The molecule has 1 N–H and O–H groups in total. The molecule has 11 heavy (non-hydrogen) atoms. The summed E-state index contributed by atoms with van der Waals surface area (Å²) in [7, 11) is 0. The van der Waals surface area contributed by atoms with Crippen LogP contribution >= 0.6 is 0 Å². The summed E-state index contributed by atoms with van der Waals surface area (Å²) >= 11 is 0. The largest absolute Gasteiger partial charge is 0.478 e. The molecule has 0 unspecified atom stereocenters. The lowest BCUT2D eigenvalue weighted by atomic mass is 10.3. The number of hydrogen-bond acceptors (Lipinski definition) is 2. The Morgan fingerprint density at radius 1 is 1.64 bits per heavy atom. The Balaban J connectivity index is 3.48. The molecule has 0 rings (SSSR count). The molecule has 0 fully saturated rings. The first-order valence-electron chi connectivity index (χ1n) is 3.66. The average Bonchev–Trinajstić information content (AvgIpc) is 1.97. The monoisotopic (exact) mass is 158 g/mol. The van der Waals surface area contributed by atoms with E-state index in [0.29, 0.717) is 18.8 Å². The Morgan fingerprint density at radius 3 is 2.73 bits per heavy atom. The molecular weight excluding hydrogens is 144 g/mol. The molecule has 0 radical (unpaired) electrons. The van der Waals surface area contributed by atoms with Gasteiger partial charge in [-0.25, -0.2) is 4.79 Å². The highest BCUT2D eigenvalue weighted by molar-refractivity contribution is 5.85. The fraction of sp³-hybridized carbons (Fsp3) is 0.625. The Kier molecular flexibility index (Phi) is 5.47. The third-order valence-corrected chi connectivity index (χ3v) is 1.19. The summed E-state index contributed by atoms with van der Waals surface area (Å²) in [5, 5.41) is 8.41. The van der Waals surface area contributed by atoms with Crippen LogP contribution in [-0.2, 0) is 9.53 Å². The molecule has 3 nitrogen and oxygen atoms in total. The van der Waals surface area contributed by atoms with Crippen molar-refractivity contribution in [3.63, 3.8) is 0 Å². The van der Waals surface area contributed by atoms with E-state index in [0.717, 1.165) is 6.42 Å². The van der Waals surface area contributed by atoms with E-state index in [1.807, 2.05) is 6.92 Å². The van der Waals surface area contributed by atoms with Crippen molar-refractivity contribution in [3.05, 3.63) is 11.6 Å². The van der Waals surface area contributed by atoms with Crippen molar-refractivity contribution >= 4 is 5.97 Å². The number of carboxylic acid groups (broad SMARTS) is 1. The number of carbonyl (C=O) groups is 1. The van der Waals surface area contributed by atoms with Gasteiger partial charge in [0.1, 0.15) is 0 Å². The fourth-order valence-electron chi connectivity index (χ4n) is 0.499. The van der Waals surface area contributed by atoms with Crippen LogP contribution in [0.2, 0.25) is 0 Å². The summed E-state index contributed by atoms with van der Waals surface area (Å²) in [6.07, 6.45) is 2.53. The lowest BCUT2D eigenvalue weighted by Gasteiger charge is -1.96. The van der Waals surface area contributed by atoms with E-state index in [2.05, 4.69) is 0 Å². The van der Waals surface area contributed by atoms with Crippen molar-refractivity contribution in [3.8, 4) is 0 Å². The van der Waals surface area contributed by atoms with Crippen LogP contribution in [0.25, 0.3) is 0 Å². The minimum Gasteiger partial charge on any atom is -0.478 e. The number of carboxylic acids is 1. The molecule has 0 aliphatic carbocycles. The summed E-state index contributed by atoms with van der Waals surface area (Å²) in [4.78, 5) is 10.2. The third kappa shape index (κ3) is 5.61. The van der Waals surface area contributed by atoms with Crippen molar-refractivity contribution in [1.29, 1.82) is 0 Å². The molecule has 0 saturated heterocycles. The standard InChI is InChI=1S/C8H14O3/c1-3-5-11-6-4-7(2)8(9)10/h4H,3,5-6H2,1-2H3,(H,9,10). The van der Waals surface area contributed by atoms with Crippen molar-refractivity contribution < 1.29 is 14.6 Å². The molecule has 0 amide bonds. The summed E-state index contributed by atoms with van der Waals surface area (Å²) in [6.45, 7) is 4.64. The molecular formula is C8H14O3. The van der Waals surface area contributed by atoms with Crippen LogP contribution < -0.4 is 0 Å². The molecule has 0 spiro atoms. The highest BCUT2D eigenvalue weighted by atomic mass is 16.5. The van der Waals surface area contributed by atoms with Crippen LogP contribution in [0.5, 0.6) is 0 Å². The normalized spacial score (nSPS) is 11.6. The summed E-state index contributed by atoms with van der Waals surface area (Å²) in [5.74, 6) is -0.884. The summed E-state index contributed by atoms with van der Waals surface area (Å²) < 4.78 is 5.06. The van der Waals surface area contributed by atoms with Gasteiger partial charge in [0.15, 0.2) is 0 Å². The topological polar surface area (TPSA) is 46.5 Å². The predicted octanol–water partition coefficient (Wildman–Crippen LogP) is 1.44.